The lowest BCUT2D eigenvalue weighted by Crippen LogP contribution is -2.39. The van der Waals surface area contributed by atoms with Gasteiger partial charge < -0.3 is 14.0 Å². The number of unbranched alkanes of at least 4 members (excludes halogenated alkanes) is 7. The molecule has 5 nitrogen and oxygen atoms in total. The molecule has 0 atom stereocenters. The number of ether oxygens (including phenoxy) is 2. The zero-order chi connectivity index (χ0) is 19.8. The Labute approximate surface area is 161 Å². The Kier molecular flexibility index (Phi) is 14.4. The highest BCUT2D eigenvalue weighted by atomic mass is 16.6. The third-order valence-electron chi connectivity index (χ3n) is 5.00. The van der Waals surface area contributed by atoms with Gasteiger partial charge >= 0.3 is 11.9 Å². The average molecular weight is 373 g/mol. The van der Waals surface area contributed by atoms with E-state index < -0.39 is 17.9 Å². The van der Waals surface area contributed by atoms with Crippen LogP contribution < -0.4 is 0 Å². The number of carbonyl (C=O) groups is 2. The average Bonchev–Trinajstić information content (AvgIpc) is 2.60. The van der Waals surface area contributed by atoms with Crippen molar-refractivity contribution in [3.8, 4) is 0 Å². The van der Waals surface area contributed by atoms with Crippen molar-refractivity contribution in [2.45, 2.75) is 78.6 Å². The molecule has 0 unspecified atom stereocenters. The van der Waals surface area contributed by atoms with Crippen LogP contribution in [-0.4, -0.2) is 56.8 Å². The molecule has 0 aliphatic heterocycles. The Morgan fingerprint density at radius 3 is 1.58 bits per heavy atom. The van der Waals surface area contributed by atoms with Gasteiger partial charge in [0.1, 0.15) is 0 Å². The van der Waals surface area contributed by atoms with Gasteiger partial charge in [-0.2, -0.15) is 0 Å². The summed E-state index contributed by atoms with van der Waals surface area (Å²) in [4.78, 5) is 23.8. The van der Waals surface area contributed by atoms with Crippen molar-refractivity contribution in [1.29, 1.82) is 0 Å². The second-order valence-corrected chi connectivity index (χ2v) is 7.65. The van der Waals surface area contributed by atoms with Crippen LogP contribution in [0.2, 0.25) is 0 Å². The van der Waals surface area contributed by atoms with Crippen LogP contribution in [0.5, 0.6) is 0 Å². The number of esters is 2. The molecular formula is C21H42NO4+. The lowest BCUT2D eigenvalue weighted by molar-refractivity contribution is -0.888. The predicted octanol–water partition coefficient (Wildman–Crippen LogP) is 4.34. The van der Waals surface area contributed by atoms with Crippen molar-refractivity contribution in [1.82, 2.24) is 0 Å². The van der Waals surface area contributed by atoms with Gasteiger partial charge in [0, 0.05) is 0 Å². The van der Waals surface area contributed by atoms with Crippen LogP contribution in [0.15, 0.2) is 0 Å². The third kappa shape index (κ3) is 12.3. The maximum absolute atomic E-state index is 11.9. The van der Waals surface area contributed by atoms with E-state index in [4.69, 9.17) is 9.47 Å². The fourth-order valence-electron chi connectivity index (χ4n) is 2.92. The number of hydrogen-bond donors (Lipinski definition) is 0. The lowest BCUT2D eigenvalue weighted by Gasteiger charge is -2.28. The molecule has 0 aliphatic carbocycles. The first kappa shape index (κ1) is 24.9. The highest BCUT2D eigenvalue weighted by Crippen LogP contribution is 2.16. The van der Waals surface area contributed by atoms with E-state index in [1.165, 1.54) is 45.2 Å². The molecule has 0 aromatic heterocycles. The fourth-order valence-corrected chi connectivity index (χ4v) is 2.92. The van der Waals surface area contributed by atoms with Crippen molar-refractivity contribution < 1.29 is 23.5 Å². The van der Waals surface area contributed by atoms with Crippen LogP contribution >= 0.6 is 0 Å². The molecule has 0 radical (unpaired) electrons. The van der Waals surface area contributed by atoms with Crippen molar-refractivity contribution in [2.75, 3.05) is 40.4 Å². The van der Waals surface area contributed by atoms with Gasteiger partial charge in [-0.25, -0.2) is 0 Å². The Morgan fingerprint density at radius 2 is 1.15 bits per heavy atom. The largest absolute Gasteiger partial charge is 0.465 e. The number of carbonyl (C=O) groups excluding carboxylic acids is 2. The van der Waals surface area contributed by atoms with E-state index in [-0.39, 0.29) is 0 Å². The number of hydrogen-bond acceptors (Lipinski definition) is 4. The van der Waals surface area contributed by atoms with Gasteiger partial charge in [-0.3, -0.25) is 9.59 Å². The molecule has 0 aromatic rings. The number of rotatable bonds is 16. The molecule has 0 N–H and O–H groups in total. The van der Waals surface area contributed by atoms with E-state index in [1.807, 2.05) is 0 Å². The molecule has 0 rings (SSSR count). The maximum atomic E-state index is 11.9. The second kappa shape index (κ2) is 15.0. The zero-order valence-corrected chi connectivity index (χ0v) is 17.8. The molecule has 0 saturated heterocycles. The summed E-state index contributed by atoms with van der Waals surface area (Å²) in [5.41, 5.74) is 0. The number of nitrogens with zero attached hydrogens (tertiary/aromatic N) is 1. The van der Waals surface area contributed by atoms with Gasteiger partial charge in [-0.05, 0) is 40.0 Å². The van der Waals surface area contributed by atoms with Gasteiger partial charge in [0.15, 0.2) is 5.92 Å². The summed E-state index contributed by atoms with van der Waals surface area (Å²) in [5, 5.41) is 0. The Morgan fingerprint density at radius 1 is 0.731 bits per heavy atom. The molecule has 0 spiro atoms. The van der Waals surface area contributed by atoms with E-state index in [2.05, 4.69) is 21.0 Å². The molecule has 0 saturated carbocycles. The summed E-state index contributed by atoms with van der Waals surface area (Å²) in [6, 6.07) is 0. The summed E-state index contributed by atoms with van der Waals surface area (Å²) in [6.07, 6.45) is 10.0. The maximum Gasteiger partial charge on any atom is 0.320 e. The minimum absolute atomic E-state index is 0.295. The van der Waals surface area contributed by atoms with E-state index in [1.54, 1.807) is 13.8 Å². The van der Waals surface area contributed by atoms with Crippen LogP contribution in [0.1, 0.15) is 78.6 Å². The summed E-state index contributed by atoms with van der Waals surface area (Å²) >= 11 is 0. The van der Waals surface area contributed by atoms with Crippen molar-refractivity contribution >= 4 is 11.9 Å². The van der Waals surface area contributed by atoms with Crippen LogP contribution in [0.4, 0.5) is 0 Å². The normalized spacial score (nSPS) is 11.6. The van der Waals surface area contributed by atoms with Crippen LogP contribution in [0.3, 0.4) is 0 Å². The zero-order valence-electron chi connectivity index (χ0n) is 17.8. The number of quaternary nitrogens is 1. The highest BCUT2D eigenvalue weighted by Gasteiger charge is 2.28. The predicted molar refractivity (Wildman–Crippen MR) is 106 cm³/mol. The van der Waals surface area contributed by atoms with Crippen molar-refractivity contribution in [3.05, 3.63) is 0 Å². The van der Waals surface area contributed by atoms with Crippen LogP contribution in [0.25, 0.3) is 0 Å². The van der Waals surface area contributed by atoms with E-state index in [0.29, 0.717) is 19.6 Å². The fraction of sp³-hybridized carbons (Fsp3) is 0.905. The van der Waals surface area contributed by atoms with Gasteiger partial charge in [-0.1, -0.05) is 38.5 Å². The SMILES string of the molecule is CCOC(=O)C(CCCCCCCCCC[N+](C)(C)CC)C(=O)OCC. The molecule has 0 aromatic carbocycles. The quantitative estimate of drug-likeness (QED) is 0.175. The molecule has 5 heteroatoms. The first-order valence-electron chi connectivity index (χ1n) is 10.5. The summed E-state index contributed by atoms with van der Waals surface area (Å²) in [5.74, 6) is -1.64. The Hall–Kier alpha value is -1.10. The van der Waals surface area contributed by atoms with E-state index in [0.717, 1.165) is 23.7 Å². The molecule has 0 fully saturated rings. The summed E-state index contributed by atoms with van der Waals surface area (Å²) in [7, 11) is 4.58. The van der Waals surface area contributed by atoms with E-state index >= 15 is 0 Å². The standard InChI is InChI=1S/C21H42NO4/c1-6-22(4,5)18-16-14-12-10-9-11-13-15-17-19(20(23)25-7-2)21(24)26-8-3/h19H,6-18H2,1-5H3/q+1. The lowest BCUT2D eigenvalue weighted by atomic mass is 10.00. The third-order valence-corrected chi connectivity index (χ3v) is 5.00. The van der Waals surface area contributed by atoms with Gasteiger partial charge in [0.25, 0.3) is 0 Å². The first-order chi connectivity index (χ1) is 12.4. The molecule has 0 heterocycles. The van der Waals surface area contributed by atoms with Crippen LogP contribution in [-0.2, 0) is 19.1 Å². The van der Waals surface area contributed by atoms with Crippen LogP contribution in [0, 0.1) is 5.92 Å². The molecular weight excluding hydrogens is 330 g/mol. The summed E-state index contributed by atoms with van der Waals surface area (Å²) in [6.45, 7) is 8.80. The minimum atomic E-state index is -0.755. The van der Waals surface area contributed by atoms with Crippen molar-refractivity contribution in [2.24, 2.45) is 5.92 Å². The molecule has 154 valence electrons. The monoisotopic (exact) mass is 372 g/mol. The van der Waals surface area contributed by atoms with Gasteiger partial charge in [0.2, 0.25) is 0 Å². The smallest absolute Gasteiger partial charge is 0.320 e. The highest BCUT2D eigenvalue weighted by molar-refractivity contribution is 5.94. The first-order valence-corrected chi connectivity index (χ1v) is 10.5. The topological polar surface area (TPSA) is 52.6 Å². The summed E-state index contributed by atoms with van der Waals surface area (Å²) < 4.78 is 11.1. The second-order valence-electron chi connectivity index (χ2n) is 7.65. The van der Waals surface area contributed by atoms with E-state index in [9.17, 15) is 9.59 Å². The minimum Gasteiger partial charge on any atom is -0.465 e. The Balaban J connectivity index is 3.78. The van der Waals surface area contributed by atoms with Gasteiger partial charge in [0.05, 0.1) is 40.4 Å². The van der Waals surface area contributed by atoms with Gasteiger partial charge in [-0.15, -0.1) is 0 Å². The molecule has 0 aliphatic rings. The molecule has 0 bridgehead atoms. The Bertz CT molecular complexity index is 364. The molecule has 0 amide bonds. The molecule has 26 heavy (non-hydrogen) atoms. The van der Waals surface area contributed by atoms with Crippen molar-refractivity contribution in [3.63, 3.8) is 0 Å².